The second-order valence-electron chi connectivity index (χ2n) is 4.01. The summed E-state index contributed by atoms with van der Waals surface area (Å²) in [6.07, 6.45) is -0.0989. The zero-order chi connectivity index (χ0) is 13.1. The topological polar surface area (TPSA) is 62.8 Å². The SMILES string of the molecule is Cc1ccc(-c2cc(CC(=O)Cl)c(=O)[nH]n2)cc1. The van der Waals surface area contributed by atoms with Gasteiger partial charge < -0.3 is 0 Å². The molecule has 0 amide bonds. The number of nitrogens with zero attached hydrogens (tertiary/aromatic N) is 1. The van der Waals surface area contributed by atoms with Crippen LogP contribution >= 0.6 is 11.6 Å². The number of benzene rings is 1. The molecule has 0 radical (unpaired) electrons. The molecule has 0 unspecified atom stereocenters. The summed E-state index contributed by atoms with van der Waals surface area (Å²) in [6.45, 7) is 1.99. The van der Waals surface area contributed by atoms with Crippen molar-refractivity contribution >= 4 is 16.8 Å². The number of halogens is 1. The largest absolute Gasteiger partial charge is 0.281 e. The monoisotopic (exact) mass is 262 g/mol. The van der Waals surface area contributed by atoms with Crippen LogP contribution in [0.4, 0.5) is 0 Å². The Hall–Kier alpha value is -1.94. The Morgan fingerprint density at radius 3 is 2.61 bits per heavy atom. The number of aromatic nitrogens is 2. The van der Waals surface area contributed by atoms with Crippen molar-refractivity contribution in [2.24, 2.45) is 0 Å². The fourth-order valence-corrected chi connectivity index (χ4v) is 1.74. The number of aryl methyl sites for hydroxylation is 1. The van der Waals surface area contributed by atoms with Gasteiger partial charge in [-0.2, -0.15) is 5.10 Å². The molecule has 0 aliphatic rings. The number of hydrogen-bond acceptors (Lipinski definition) is 3. The van der Waals surface area contributed by atoms with Crippen molar-refractivity contribution in [3.63, 3.8) is 0 Å². The fraction of sp³-hybridized carbons (Fsp3) is 0.154. The first-order valence-corrected chi connectivity index (χ1v) is 5.78. The number of rotatable bonds is 3. The lowest BCUT2D eigenvalue weighted by atomic mass is 10.1. The van der Waals surface area contributed by atoms with Gasteiger partial charge in [-0.25, -0.2) is 5.10 Å². The zero-order valence-electron chi connectivity index (χ0n) is 9.74. The molecule has 0 saturated carbocycles. The third kappa shape index (κ3) is 2.84. The van der Waals surface area contributed by atoms with Crippen LogP contribution in [0.5, 0.6) is 0 Å². The normalized spacial score (nSPS) is 10.3. The number of hydrogen-bond donors (Lipinski definition) is 1. The van der Waals surface area contributed by atoms with Crippen LogP contribution in [0.3, 0.4) is 0 Å². The van der Waals surface area contributed by atoms with Crippen LogP contribution in [-0.4, -0.2) is 15.4 Å². The lowest BCUT2D eigenvalue weighted by molar-refractivity contribution is -0.111. The molecule has 1 N–H and O–H groups in total. The summed E-state index contributed by atoms with van der Waals surface area (Å²) in [7, 11) is 0. The number of nitrogens with one attached hydrogen (secondary N) is 1. The van der Waals surface area contributed by atoms with E-state index in [2.05, 4.69) is 10.2 Å². The minimum absolute atomic E-state index is 0.0989. The lowest BCUT2D eigenvalue weighted by Crippen LogP contribution is -2.16. The molecule has 18 heavy (non-hydrogen) atoms. The Kier molecular flexibility index (Phi) is 3.58. The molecule has 1 aromatic carbocycles. The zero-order valence-corrected chi connectivity index (χ0v) is 10.5. The molecule has 2 rings (SSSR count). The molecule has 4 nitrogen and oxygen atoms in total. The summed E-state index contributed by atoms with van der Waals surface area (Å²) in [5.41, 5.74) is 2.56. The standard InChI is InChI=1S/C13H11ClN2O2/c1-8-2-4-9(5-3-8)11-6-10(7-12(14)17)13(18)16-15-11/h2-6H,7H2,1H3,(H,16,18). The Bertz CT molecular complexity index is 632. The van der Waals surface area contributed by atoms with Gasteiger partial charge in [-0.15, -0.1) is 0 Å². The van der Waals surface area contributed by atoms with Crippen LogP contribution in [0.1, 0.15) is 11.1 Å². The van der Waals surface area contributed by atoms with Crippen LogP contribution in [-0.2, 0) is 11.2 Å². The highest BCUT2D eigenvalue weighted by Crippen LogP contribution is 2.16. The van der Waals surface area contributed by atoms with Crippen LogP contribution in [0, 0.1) is 6.92 Å². The highest BCUT2D eigenvalue weighted by Gasteiger charge is 2.08. The van der Waals surface area contributed by atoms with Crippen molar-refractivity contribution in [2.45, 2.75) is 13.3 Å². The second-order valence-corrected chi connectivity index (χ2v) is 4.43. The molecule has 0 aliphatic heterocycles. The molecular formula is C13H11ClN2O2. The Balaban J connectivity index is 2.43. The van der Waals surface area contributed by atoms with E-state index < -0.39 is 5.24 Å². The molecule has 1 aromatic heterocycles. The highest BCUT2D eigenvalue weighted by atomic mass is 35.5. The molecule has 92 valence electrons. The quantitative estimate of drug-likeness (QED) is 0.861. The third-order valence-electron chi connectivity index (χ3n) is 2.56. The van der Waals surface area contributed by atoms with E-state index in [1.54, 1.807) is 6.07 Å². The Labute approximate surface area is 109 Å². The van der Waals surface area contributed by atoms with Crippen molar-refractivity contribution in [1.29, 1.82) is 0 Å². The molecule has 0 spiro atoms. The number of aromatic amines is 1. The summed E-state index contributed by atoms with van der Waals surface area (Å²) >= 11 is 5.29. The maximum absolute atomic E-state index is 11.5. The second kappa shape index (κ2) is 5.14. The van der Waals surface area contributed by atoms with E-state index in [1.807, 2.05) is 31.2 Å². The van der Waals surface area contributed by atoms with Crippen LogP contribution in [0.2, 0.25) is 0 Å². The van der Waals surface area contributed by atoms with E-state index in [0.29, 0.717) is 11.3 Å². The van der Waals surface area contributed by atoms with Gasteiger partial charge in [0.15, 0.2) is 0 Å². The van der Waals surface area contributed by atoms with Gasteiger partial charge in [0, 0.05) is 11.1 Å². The van der Waals surface area contributed by atoms with E-state index in [9.17, 15) is 9.59 Å². The van der Waals surface area contributed by atoms with E-state index in [4.69, 9.17) is 11.6 Å². The van der Waals surface area contributed by atoms with Gasteiger partial charge in [0.25, 0.3) is 5.56 Å². The van der Waals surface area contributed by atoms with Crippen LogP contribution < -0.4 is 5.56 Å². The minimum Gasteiger partial charge on any atom is -0.281 e. The predicted molar refractivity (Wildman–Crippen MR) is 69.6 cm³/mol. The van der Waals surface area contributed by atoms with Crippen LogP contribution in [0.25, 0.3) is 11.3 Å². The van der Waals surface area contributed by atoms with Gasteiger partial charge in [0.2, 0.25) is 5.24 Å². The Morgan fingerprint density at radius 2 is 2.00 bits per heavy atom. The molecule has 0 atom stereocenters. The molecule has 0 fully saturated rings. The van der Waals surface area contributed by atoms with E-state index in [0.717, 1.165) is 11.1 Å². The number of carbonyl (C=O) groups is 1. The summed E-state index contributed by atoms with van der Waals surface area (Å²) in [4.78, 5) is 22.3. The van der Waals surface area contributed by atoms with Crippen molar-refractivity contribution in [3.05, 3.63) is 51.8 Å². The van der Waals surface area contributed by atoms with Crippen molar-refractivity contribution < 1.29 is 4.79 Å². The Morgan fingerprint density at radius 1 is 1.33 bits per heavy atom. The average Bonchev–Trinajstić information content (AvgIpc) is 2.32. The van der Waals surface area contributed by atoms with Crippen molar-refractivity contribution in [3.8, 4) is 11.3 Å². The smallest absolute Gasteiger partial charge is 0.267 e. The first-order chi connectivity index (χ1) is 8.56. The van der Waals surface area contributed by atoms with Gasteiger partial charge >= 0.3 is 0 Å². The first-order valence-electron chi connectivity index (χ1n) is 5.40. The molecular weight excluding hydrogens is 252 g/mol. The molecule has 0 bridgehead atoms. The predicted octanol–water partition coefficient (Wildman–Crippen LogP) is 2.05. The van der Waals surface area contributed by atoms with Gasteiger partial charge in [-0.1, -0.05) is 29.8 Å². The highest BCUT2D eigenvalue weighted by molar-refractivity contribution is 6.63. The maximum Gasteiger partial charge on any atom is 0.267 e. The van der Waals surface area contributed by atoms with Gasteiger partial charge in [-0.05, 0) is 24.6 Å². The molecule has 2 aromatic rings. The summed E-state index contributed by atoms with van der Waals surface area (Å²) in [5, 5.41) is 5.76. The summed E-state index contributed by atoms with van der Waals surface area (Å²) < 4.78 is 0. The molecule has 0 aliphatic carbocycles. The van der Waals surface area contributed by atoms with Gasteiger partial charge in [0.1, 0.15) is 0 Å². The van der Waals surface area contributed by atoms with Crippen LogP contribution in [0.15, 0.2) is 35.1 Å². The first kappa shape index (κ1) is 12.5. The number of H-pyrrole nitrogens is 1. The van der Waals surface area contributed by atoms with E-state index in [1.165, 1.54) is 0 Å². The summed E-state index contributed by atoms with van der Waals surface area (Å²) in [6, 6.07) is 9.30. The van der Waals surface area contributed by atoms with Crippen molar-refractivity contribution in [2.75, 3.05) is 0 Å². The minimum atomic E-state index is -0.568. The number of carbonyl (C=O) groups excluding carboxylic acids is 1. The third-order valence-corrected chi connectivity index (χ3v) is 2.69. The fourth-order valence-electron chi connectivity index (χ4n) is 1.60. The average molecular weight is 263 g/mol. The maximum atomic E-state index is 11.5. The summed E-state index contributed by atoms with van der Waals surface area (Å²) in [5.74, 6) is 0. The lowest BCUT2D eigenvalue weighted by Gasteiger charge is -2.02. The van der Waals surface area contributed by atoms with E-state index >= 15 is 0 Å². The molecule has 1 heterocycles. The van der Waals surface area contributed by atoms with E-state index in [-0.39, 0.29) is 12.0 Å². The van der Waals surface area contributed by atoms with Gasteiger partial charge in [-0.3, -0.25) is 9.59 Å². The molecule has 0 saturated heterocycles. The molecule has 5 heteroatoms. The van der Waals surface area contributed by atoms with Crippen molar-refractivity contribution in [1.82, 2.24) is 10.2 Å². The van der Waals surface area contributed by atoms with Gasteiger partial charge in [0.05, 0.1) is 12.1 Å².